The highest BCUT2D eigenvalue weighted by molar-refractivity contribution is 6.31. The number of ketones is 1. The molecule has 0 saturated carbocycles. The first-order chi connectivity index (χ1) is 11.5. The molecule has 0 aliphatic rings. The second-order valence-electron chi connectivity index (χ2n) is 5.60. The summed E-state index contributed by atoms with van der Waals surface area (Å²) in [6, 6.07) is 14.0. The van der Waals surface area contributed by atoms with Crippen molar-refractivity contribution in [3.63, 3.8) is 0 Å². The van der Waals surface area contributed by atoms with Gasteiger partial charge in [0.2, 0.25) is 5.78 Å². The van der Waals surface area contributed by atoms with Gasteiger partial charge >= 0.3 is 5.97 Å². The summed E-state index contributed by atoms with van der Waals surface area (Å²) in [4.78, 5) is 27.7. The SMILES string of the molecule is CCC(C(=O)O)c1c(C(=O)c2ccccc2)[nH]c2cc(Cl)ccc12. The molecule has 4 nitrogen and oxygen atoms in total. The largest absolute Gasteiger partial charge is 0.481 e. The van der Waals surface area contributed by atoms with Crippen molar-refractivity contribution in [1.82, 2.24) is 4.98 Å². The molecule has 1 atom stereocenters. The van der Waals surface area contributed by atoms with E-state index in [1.807, 2.05) is 6.07 Å². The van der Waals surface area contributed by atoms with Crippen LogP contribution in [-0.2, 0) is 4.79 Å². The van der Waals surface area contributed by atoms with Crippen LogP contribution in [0.3, 0.4) is 0 Å². The number of aliphatic carboxylic acids is 1. The Morgan fingerprint density at radius 3 is 2.50 bits per heavy atom. The molecule has 1 unspecified atom stereocenters. The van der Waals surface area contributed by atoms with Gasteiger partial charge in [-0.3, -0.25) is 9.59 Å². The molecule has 24 heavy (non-hydrogen) atoms. The maximum Gasteiger partial charge on any atom is 0.311 e. The van der Waals surface area contributed by atoms with Crippen molar-refractivity contribution in [1.29, 1.82) is 0 Å². The zero-order valence-corrected chi connectivity index (χ0v) is 13.8. The molecule has 0 fully saturated rings. The lowest BCUT2D eigenvalue weighted by atomic mass is 9.91. The number of nitrogens with one attached hydrogen (secondary N) is 1. The van der Waals surface area contributed by atoms with Gasteiger partial charge in [-0.1, -0.05) is 54.9 Å². The molecule has 3 aromatic rings. The van der Waals surface area contributed by atoms with Crippen molar-refractivity contribution >= 4 is 34.3 Å². The Bertz CT molecular complexity index is 915. The zero-order chi connectivity index (χ0) is 17.3. The summed E-state index contributed by atoms with van der Waals surface area (Å²) in [6.45, 7) is 1.80. The number of hydrogen-bond donors (Lipinski definition) is 2. The Labute approximate surface area is 144 Å². The van der Waals surface area contributed by atoms with Crippen LogP contribution in [0, 0.1) is 0 Å². The van der Waals surface area contributed by atoms with E-state index >= 15 is 0 Å². The molecule has 2 N–H and O–H groups in total. The van der Waals surface area contributed by atoms with Crippen LogP contribution in [-0.4, -0.2) is 21.8 Å². The van der Waals surface area contributed by atoms with Crippen molar-refractivity contribution in [2.75, 3.05) is 0 Å². The zero-order valence-electron chi connectivity index (χ0n) is 13.0. The number of H-pyrrole nitrogens is 1. The Hall–Kier alpha value is -2.59. The van der Waals surface area contributed by atoms with E-state index in [1.54, 1.807) is 49.4 Å². The number of halogens is 1. The van der Waals surface area contributed by atoms with Crippen LogP contribution in [0.2, 0.25) is 5.02 Å². The van der Waals surface area contributed by atoms with Gasteiger partial charge in [-0.15, -0.1) is 0 Å². The highest BCUT2D eigenvalue weighted by Gasteiger charge is 2.28. The quantitative estimate of drug-likeness (QED) is 0.665. The van der Waals surface area contributed by atoms with Crippen molar-refractivity contribution in [3.05, 3.63) is 70.4 Å². The van der Waals surface area contributed by atoms with Gasteiger partial charge in [-0.25, -0.2) is 0 Å². The number of rotatable bonds is 5. The lowest BCUT2D eigenvalue weighted by Crippen LogP contribution is -2.15. The summed E-state index contributed by atoms with van der Waals surface area (Å²) >= 11 is 6.03. The Morgan fingerprint density at radius 2 is 1.88 bits per heavy atom. The highest BCUT2D eigenvalue weighted by Crippen LogP contribution is 2.34. The number of fused-ring (bicyclic) bond motifs is 1. The summed E-state index contributed by atoms with van der Waals surface area (Å²) in [6.07, 6.45) is 0.389. The fourth-order valence-corrected chi connectivity index (χ4v) is 3.14. The van der Waals surface area contributed by atoms with E-state index in [-0.39, 0.29) is 5.78 Å². The molecule has 3 rings (SSSR count). The molecular weight excluding hydrogens is 326 g/mol. The van der Waals surface area contributed by atoms with E-state index in [1.165, 1.54) is 0 Å². The van der Waals surface area contributed by atoms with Gasteiger partial charge in [0, 0.05) is 27.1 Å². The number of benzene rings is 2. The molecule has 0 aliphatic heterocycles. The van der Waals surface area contributed by atoms with Gasteiger partial charge < -0.3 is 10.1 Å². The average Bonchev–Trinajstić information content (AvgIpc) is 2.94. The number of aromatic amines is 1. The summed E-state index contributed by atoms with van der Waals surface area (Å²) in [5.74, 6) is -1.93. The first-order valence-corrected chi connectivity index (χ1v) is 8.04. The van der Waals surface area contributed by atoms with Crippen LogP contribution >= 0.6 is 11.6 Å². The van der Waals surface area contributed by atoms with Gasteiger partial charge in [0.15, 0.2) is 0 Å². The number of carbonyl (C=O) groups excluding carboxylic acids is 1. The molecule has 0 spiro atoms. The van der Waals surface area contributed by atoms with Crippen molar-refractivity contribution < 1.29 is 14.7 Å². The van der Waals surface area contributed by atoms with E-state index < -0.39 is 11.9 Å². The van der Waals surface area contributed by atoms with Crippen molar-refractivity contribution in [2.45, 2.75) is 19.3 Å². The van der Waals surface area contributed by atoms with Crippen LogP contribution < -0.4 is 0 Å². The van der Waals surface area contributed by atoms with Gasteiger partial charge in [0.25, 0.3) is 0 Å². The molecule has 122 valence electrons. The maximum absolute atomic E-state index is 12.9. The average molecular weight is 342 g/mol. The summed E-state index contributed by atoms with van der Waals surface area (Å²) in [5, 5.41) is 10.8. The van der Waals surface area contributed by atoms with Crippen LogP contribution in [0.4, 0.5) is 0 Å². The van der Waals surface area contributed by atoms with Gasteiger partial charge in [-0.2, -0.15) is 0 Å². The Kier molecular flexibility index (Phi) is 4.40. The minimum atomic E-state index is -0.949. The van der Waals surface area contributed by atoms with Gasteiger partial charge in [0.05, 0.1) is 11.6 Å². The fourth-order valence-electron chi connectivity index (χ4n) is 2.97. The van der Waals surface area contributed by atoms with E-state index in [4.69, 9.17) is 11.6 Å². The number of carboxylic acid groups (broad SMARTS) is 1. The molecular formula is C19H16ClNO3. The number of aromatic nitrogens is 1. The number of hydrogen-bond acceptors (Lipinski definition) is 2. The Balaban J connectivity index is 2.26. The summed E-state index contributed by atoms with van der Waals surface area (Å²) in [7, 11) is 0. The van der Waals surface area contributed by atoms with Crippen molar-refractivity contribution in [2.24, 2.45) is 0 Å². The predicted molar refractivity (Wildman–Crippen MR) is 93.9 cm³/mol. The van der Waals surface area contributed by atoms with Crippen LogP contribution in [0.25, 0.3) is 10.9 Å². The fraction of sp³-hybridized carbons (Fsp3) is 0.158. The molecule has 2 aromatic carbocycles. The predicted octanol–water partition coefficient (Wildman–Crippen LogP) is 4.63. The van der Waals surface area contributed by atoms with Crippen LogP contribution in [0.15, 0.2) is 48.5 Å². The molecule has 1 aromatic heterocycles. The normalized spacial score (nSPS) is 12.2. The molecule has 0 radical (unpaired) electrons. The molecule has 0 aliphatic carbocycles. The van der Waals surface area contributed by atoms with Crippen molar-refractivity contribution in [3.8, 4) is 0 Å². The third-order valence-corrected chi connectivity index (χ3v) is 4.35. The van der Waals surface area contributed by atoms with E-state index in [0.717, 1.165) is 0 Å². The molecule has 0 saturated heterocycles. The summed E-state index contributed by atoms with van der Waals surface area (Å²) in [5.41, 5.74) is 2.01. The van der Waals surface area contributed by atoms with Gasteiger partial charge in [-0.05, 0) is 18.6 Å². The van der Waals surface area contributed by atoms with Gasteiger partial charge in [0.1, 0.15) is 0 Å². The topological polar surface area (TPSA) is 70.2 Å². The Morgan fingerprint density at radius 1 is 1.17 bits per heavy atom. The first-order valence-electron chi connectivity index (χ1n) is 7.66. The minimum absolute atomic E-state index is 0.224. The van der Waals surface area contributed by atoms with E-state index in [0.29, 0.717) is 39.2 Å². The molecule has 1 heterocycles. The standard InChI is InChI=1S/C19H16ClNO3/c1-2-13(19(23)24)16-14-9-8-12(20)10-15(14)21-17(16)18(22)11-6-4-3-5-7-11/h3-10,13,21H,2H2,1H3,(H,23,24). The van der Waals surface area contributed by atoms with Crippen LogP contribution in [0.1, 0.15) is 40.9 Å². The van der Waals surface area contributed by atoms with Crippen LogP contribution in [0.5, 0.6) is 0 Å². The highest BCUT2D eigenvalue weighted by atomic mass is 35.5. The monoisotopic (exact) mass is 341 g/mol. The summed E-state index contributed by atoms with van der Waals surface area (Å²) < 4.78 is 0. The lowest BCUT2D eigenvalue weighted by Gasteiger charge is -2.12. The first kappa shape index (κ1) is 16.3. The third-order valence-electron chi connectivity index (χ3n) is 4.12. The minimum Gasteiger partial charge on any atom is -0.481 e. The number of carboxylic acids is 1. The lowest BCUT2D eigenvalue weighted by molar-refractivity contribution is -0.138. The molecule has 5 heteroatoms. The second-order valence-corrected chi connectivity index (χ2v) is 6.03. The smallest absolute Gasteiger partial charge is 0.311 e. The van der Waals surface area contributed by atoms with E-state index in [9.17, 15) is 14.7 Å². The third kappa shape index (κ3) is 2.81. The molecule has 0 amide bonds. The molecule has 0 bridgehead atoms. The second kappa shape index (κ2) is 6.49. The van der Waals surface area contributed by atoms with E-state index in [2.05, 4.69) is 4.98 Å². The maximum atomic E-state index is 12.9. The number of carbonyl (C=O) groups is 2.